The number of fused-ring (bicyclic) bond motifs is 2. The molecular formula is C43H48Cl2Zr. The molecule has 0 aromatic heterocycles. The zero-order valence-corrected chi connectivity index (χ0v) is 32.9. The molecule has 0 saturated carbocycles. The van der Waals surface area contributed by atoms with Gasteiger partial charge in [0, 0.05) is 0 Å². The van der Waals surface area contributed by atoms with Crippen LogP contribution < -0.4 is 0 Å². The molecule has 0 spiro atoms. The minimum atomic E-state index is -0.826. The Bertz CT molecular complexity index is 1840. The zero-order valence-electron chi connectivity index (χ0n) is 28.9. The van der Waals surface area contributed by atoms with Crippen molar-refractivity contribution in [3.05, 3.63) is 131 Å². The summed E-state index contributed by atoms with van der Waals surface area (Å²) >= 11 is -0.826. The summed E-state index contributed by atoms with van der Waals surface area (Å²) in [7, 11) is 9.87. The number of hydrogen-bond donors (Lipinski definition) is 0. The molecule has 3 heteroatoms. The van der Waals surface area contributed by atoms with Crippen LogP contribution in [0.3, 0.4) is 0 Å². The second-order valence-corrected chi connectivity index (χ2v) is 18.2. The van der Waals surface area contributed by atoms with Crippen LogP contribution >= 0.6 is 17.0 Å². The SMILES string of the molecule is CC(C)c1cc2c(-c3ccc(C(C)(C)C)cc3)cccc2[cH-]1.CCc1cc2c(-c3ccc(C(C)(C)C)cc3)cccc2[cH-]1.[Cl][Zr+2][Cl]. The number of hydrogen-bond acceptors (Lipinski definition) is 0. The number of halogens is 2. The van der Waals surface area contributed by atoms with Crippen LogP contribution in [0.15, 0.2) is 109 Å². The van der Waals surface area contributed by atoms with Crippen molar-refractivity contribution >= 4 is 38.6 Å². The maximum atomic E-state index is 4.93. The van der Waals surface area contributed by atoms with Gasteiger partial charge in [0.15, 0.2) is 0 Å². The Kier molecular flexibility index (Phi) is 12.4. The van der Waals surface area contributed by atoms with E-state index in [9.17, 15) is 0 Å². The third-order valence-corrected chi connectivity index (χ3v) is 8.78. The second kappa shape index (κ2) is 15.6. The molecule has 0 aliphatic heterocycles. The topological polar surface area (TPSA) is 0 Å². The summed E-state index contributed by atoms with van der Waals surface area (Å²) in [4.78, 5) is 0. The Labute approximate surface area is 296 Å². The molecule has 0 fully saturated rings. The van der Waals surface area contributed by atoms with Gasteiger partial charge in [-0.1, -0.05) is 134 Å². The molecule has 0 N–H and O–H groups in total. The van der Waals surface area contributed by atoms with E-state index in [-0.39, 0.29) is 10.8 Å². The Morgan fingerprint density at radius 3 is 1.41 bits per heavy atom. The molecule has 0 saturated heterocycles. The number of rotatable bonds is 4. The van der Waals surface area contributed by atoms with Crippen molar-refractivity contribution in [3.63, 3.8) is 0 Å². The first-order valence-electron chi connectivity index (χ1n) is 16.3. The van der Waals surface area contributed by atoms with Crippen LogP contribution in [0.2, 0.25) is 0 Å². The van der Waals surface area contributed by atoms with Crippen LogP contribution in [-0.2, 0) is 38.1 Å². The summed E-state index contributed by atoms with van der Waals surface area (Å²) in [6, 6.07) is 40.6. The van der Waals surface area contributed by atoms with E-state index in [4.69, 9.17) is 17.0 Å². The van der Waals surface area contributed by atoms with E-state index < -0.39 is 20.8 Å². The Balaban J connectivity index is 0.000000193. The van der Waals surface area contributed by atoms with Gasteiger partial charge in [-0.15, -0.1) is 69.1 Å². The minimum absolute atomic E-state index is 0.204. The summed E-state index contributed by atoms with van der Waals surface area (Å²) in [6.45, 7) is 20.3. The molecule has 0 unspecified atom stereocenters. The fourth-order valence-corrected chi connectivity index (χ4v) is 5.90. The monoisotopic (exact) mass is 724 g/mol. The van der Waals surface area contributed by atoms with Gasteiger partial charge in [-0.3, -0.25) is 0 Å². The van der Waals surface area contributed by atoms with E-state index in [1.807, 2.05) is 0 Å². The first kappa shape index (κ1) is 36.4. The summed E-state index contributed by atoms with van der Waals surface area (Å²) in [5, 5.41) is 5.44. The molecule has 0 nitrogen and oxygen atoms in total. The molecule has 0 heterocycles. The summed E-state index contributed by atoms with van der Waals surface area (Å²) < 4.78 is 0. The molecule has 238 valence electrons. The van der Waals surface area contributed by atoms with Crippen molar-refractivity contribution < 1.29 is 20.8 Å². The standard InChI is InChI=1S/C22H25.C21H23.2ClH.Zr/c1-15(2)18-13-17-7-6-8-20(21(17)14-18)16-9-11-19(12-10-16)22(3,4)5;1-5-15-13-17-7-6-8-19(20(17)14-15)16-9-11-18(12-10-16)21(2,3)4;;;/h6-15H,1-5H3;6-14H,5H2,1-4H3;2*1H;/q2*-1;;;+4/p-2. The van der Waals surface area contributed by atoms with Gasteiger partial charge in [0.25, 0.3) is 0 Å². The molecule has 0 atom stereocenters. The molecule has 6 aromatic carbocycles. The van der Waals surface area contributed by atoms with Gasteiger partial charge in [-0.2, -0.15) is 12.1 Å². The molecule has 0 amide bonds. The van der Waals surface area contributed by atoms with Gasteiger partial charge in [0.1, 0.15) is 0 Å². The molecule has 0 aliphatic rings. The van der Waals surface area contributed by atoms with Crippen LogP contribution in [0.5, 0.6) is 0 Å². The van der Waals surface area contributed by atoms with Crippen molar-refractivity contribution in [1.82, 2.24) is 0 Å². The van der Waals surface area contributed by atoms with Crippen LogP contribution in [0.1, 0.15) is 90.5 Å². The maximum absolute atomic E-state index is 4.93. The van der Waals surface area contributed by atoms with E-state index in [0.29, 0.717) is 5.92 Å². The van der Waals surface area contributed by atoms with Crippen molar-refractivity contribution in [1.29, 1.82) is 0 Å². The Morgan fingerprint density at radius 1 is 0.609 bits per heavy atom. The number of aryl methyl sites for hydroxylation is 1. The van der Waals surface area contributed by atoms with Crippen molar-refractivity contribution in [2.45, 2.75) is 85.5 Å². The fraction of sp³-hybridized carbons (Fsp3) is 0.302. The van der Waals surface area contributed by atoms with Gasteiger partial charge in [0.05, 0.1) is 0 Å². The van der Waals surface area contributed by atoms with E-state index in [2.05, 4.69) is 172 Å². The van der Waals surface area contributed by atoms with Gasteiger partial charge in [-0.25, -0.2) is 0 Å². The number of benzene rings is 4. The van der Waals surface area contributed by atoms with E-state index >= 15 is 0 Å². The van der Waals surface area contributed by atoms with Crippen LogP contribution in [0.4, 0.5) is 0 Å². The molecule has 0 radical (unpaired) electrons. The van der Waals surface area contributed by atoms with Crippen molar-refractivity contribution in [2.75, 3.05) is 0 Å². The Morgan fingerprint density at radius 2 is 1.02 bits per heavy atom. The van der Waals surface area contributed by atoms with Gasteiger partial charge < -0.3 is 0 Å². The third-order valence-electron chi connectivity index (χ3n) is 8.78. The summed E-state index contributed by atoms with van der Waals surface area (Å²) in [6.07, 6.45) is 1.09. The van der Waals surface area contributed by atoms with Crippen LogP contribution in [-0.4, -0.2) is 0 Å². The van der Waals surface area contributed by atoms with Crippen LogP contribution in [0.25, 0.3) is 43.8 Å². The van der Waals surface area contributed by atoms with Gasteiger partial charge in [0.2, 0.25) is 0 Å². The van der Waals surface area contributed by atoms with Gasteiger partial charge in [-0.05, 0) is 45.4 Å². The Hall–Kier alpha value is -2.44. The first-order valence-corrected chi connectivity index (χ1v) is 22.7. The molecule has 0 aliphatic carbocycles. The predicted molar refractivity (Wildman–Crippen MR) is 203 cm³/mol. The molecule has 46 heavy (non-hydrogen) atoms. The van der Waals surface area contributed by atoms with Crippen LogP contribution in [0, 0.1) is 0 Å². The fourth-order valence-electron chi connectivity index (χ4n) is 5.90. The van der Waals surface area contributed by atoms with E-state index in [0.717, 1.165) is 6.42 Å². The second-order valence-electron chi connectivity index (χ2n) is 14.5. The molecule has 6 rings (SSSR count). The predicted octanol–water partition coefficient (Wildman–Crippen LogP) is 14.1. The average molecular weight is 727 g/mol. The molecular weight excluding hydrogens is 679 g/mol. The normalized spacial score (nSPS) is 11.6. The van der Waals surface area contributed by atoms with Gasteiger partial charge >= 0.3 is 37.9 Å². The van der Waals surface area contributed by atoms with E-state index in [1.54, 1.807) is 0 Å². The quantitative estimate of drug-likeness (QED) is 0.159. The summed E-state index contributed by atoms with van der Waals surface area (Å²) in [5.74, 6) is 0.573. The third kappa shape index (κ3) is 8.92. The summed E-state index contributed by atoms with van der Waals surface area (Å²) in [5.41, 5.74) is 11.3. The first-order chi connectivity index (χ1) is 21.8. The molecule has 6 aromatic rings. The van der Waals surface area contributed by atoms with Crippen molar-refractivity contribution in [3.8, 4) is 22.3 Å². The molecule has 0 bridgehead atoms. The average Bonchev–Trinajstić information content (AvgIpc) is 3.66. The van der Waals surface area contributed by atoms with E-state index in [1.165, 1.54) is 66.1 Å². The van der Waals surface area contributed by atoms with Crippen molar-refractivity contribution in [2.24, 2.45) is 0 Å². The zero-order chi connectivity index (χ0) is 33.6.